The number of nitro groups is 1. The number of alkyl halides is 2. The molecule has 0 fully saturated rings. The monoisotopic (exact) mass is 354 g/mol. The summed E-state index contributed by atoms with van der Waals surface area (Å²) in [4.78, 5) is 22.7. The minimum absolute atomic E-state index is 0.0746. The minimum atomic E-state index is -3.03. The molecule has 1 amide bonds. The van der Waals surface area contributed by atoms with Gasteiger partial charge in [-0.3, -0.25) is 4.79 Å². The number of para-hydroxylation sites is 2. The van der Waals surface area contributed by atoms with Gasteiger partial charge in [-0.1, -0.05) is 19.1 Å². The number of amides is 1. The molecule has 0 bridgehead atoms. The summed E-state index contributed by atoms with van der Waals surface area (Å²) < 4.78 is 30.5. The van der Waals surface area contributed by atoms with E-state index in [-0.39, 0.29) is 17.3 Å². The first-order chi connectivity index (χ1) is 11.8. The predicted octanol–water partition coefficient (Wildman–Crippen LogP) is 3.29. The molecule has 0 aliphatic rings. The number of hydrogen-bond acceptors (Lipinski definition) is 5. The number of aromatic nitrogens is 2. The van der Waals surface area contributed by atoms with Gasteiger partial charge >= 0.3 is 12.4 Å². The summed E-state index contributed by atoms with van der Waals surface area (Å²) in [6.45, 7) is 0.263. The first-order valence-electron chi connectivity index (χ1n) is 7.38. The molecule has 0 aliphatic carbocycles. The van der Waals surface area contributed by atoms with Gasteiger partial charge in [-0.25, -0.2) is 0 Å². The molecule has 1 aromatic heterocycles. The number of nitrogens with one attached hydrogen (secondary N) is 1. The molecule has 8 nitrogen and oxygen atoms in total. The number of ether oxygens (including phenoxy) is 1. The SMILES string of the molecule is CCC(C(=O)Nc1ccccc1OC(F)F)n1nc([N+](=O)[O-])cc1C. The lowest BCUT2D eigenvalue weighted by Gasteiger charge is -2.16. The average molecular weight is 354 g/mol. The zero-order valence-electron chi connectivity index (χ0n) is 13.5. The van der Waals surface area contributed by atoms with E-state index in [1.165, 1.54) is 28.9 Å². The highest BCUT2D eigenvalue weighted by Gasteiger charge is 2.27. The van der Waals surface area contributed by atoms with Crippen molar-refractivity contribution in [1.29, 1.82) is 0 Å². The maximum Gasteiger partial charge on any atom is 0.390 e. The maximum atomic E-state index is 12.5. The Labute approximate surface area is 141 Å². The van der Waals surface area contributed by atoms with Crippen LogP contribution >= 0.6 is 0 Å². The molecule has 2 aromatic rings. The normalized spacial score (nSPS) is 12.0. The molecule has 134 valence electrons. The molecule has 25 heavy (non-hydrogen) atoms. The van der Waals surface area contributed by atoms with Gasteiger partial charge in [0.15, 0.2) is 6.04 Å². The molecule has 1 atom stereocenters. The summed E-state index contributed by atoms with van der Waals surface area (Å²) in [5.74, 6) is -1.09. The van der Waals surface area contributed by atoms with Crippen molar-refractivity contribution in [1.82, 2.24) is 9.78 Å². The van der Waals surface area contributed by atoms with E-state index in [0.717, 1.165) is 0 Å². The number of hydrogen-bond donors (Lipinski definition) is 1. The molecule has 0 radical (unpaired) electrons. The molecule has 2 rings (SSSR count). The fourth-order valence-corrected chi connectivity index (χ4v) is 2.33. The second kappa shape index (κ2) is 7.69. The summed E-state index contributed by atoms with van der Waals surface area (Å²) in [5, 5.41) is 17.1. The van der Waals surface area contributed by atoms with E-state index < -0.39 is 23.5 Å². The van der Waals surface area contributed by atoms with Crippen molar-refractivity contribution in [2.45, 2.75) is 32.9 Å². The number of benzene rings is 1. The van der Waals surface area contributed by atoms with Crippen LogP contribution in [0, 0.1) is 17.0 Å². The first kappa shape index (κ1) is 18.3. The Kier molecular flexibility index (Phi) is 5.63. The molecule has 0 saturated carbocycles. The lowest BCUT2D eigenvalue weighted by molar-refractivity contribution is -0.389. The van der Waals surface area contributed by atoms with Gasteiger partial charge in [-0.2, -0.15) is 13.5 Å². The van der Waals surface area contributed by atoms with Crippen molar-refractivity contribution in [2.24, 2.45) is 0 Å². The number of carbonyl (C=O) groups excluding carboxylic acids is 1. The summed E-state index contributed by atoms with van der Waals surface area (Å²) in [6.07, 6.45) is 0.295. The minimum Gasteiger partial charge on any atom is -0.433 e. The van der Waals surface area contributed by atoms with Crippen LogP contribution in [-0.2, 0) is 4.79 Å². The highest BCUT2D eigenvalue weighted by molar-refractivity contribution is 5.95. The van der Waals surface area contributed by atoms with E-state index in [4.69, 9.17) is 0 Å². The van der Waals surface area contributed by atoms with Gasteiger partial charge in [0.2, 0.25) is 0 Å². The van der Waals surface area contributed by atoms with E-state index in [9.17, 15) is 23.7 Å². The lowest BCUT2D eigenvalue weighted by atomic mass is 10.2. The molecule has 1 heterocycles. The Morgan fingerprint density at radius 3 is 2.68 bits per heavy atom. The molecule has 0 aliphatic heterocycles. The first-order valence-corrected chi connectivity index (χ1v) is 7.38. The predicted molar refractivity (Wildman–Crippen MR) is 84.7 cm³/mol. The van der Waals surface area contributed by atoms with Crippen LogP contribution in [0.4, 0.5) is 20.3 Å². The number of anilines is 1. The lowest BCUT2D eigenvalue weighted by Crippen LogP contribution is -2.27. The highest BCUT2D eigenvalue weighted by Crippen LogP contribution is 2.27. The molecule has 0 spiro atoms. The molecule has 1 aromatic carbocycles. The Balaban J connectivity index is 2.25. The van der Waals surface area contributed by atoms with Crippen LogP contribution in [-0.4, -0.2) is 27.2 Å². The van der Waals surface area contributed by atoms with E-state index >= 15 is 0 Å². The number of nitrogens with zero attached hydrogens (tertiary/aromatic N) is 3. The molecule has 10 heteroatoms. The van der Waals surface area contributed by atoms with Crippen molar-refractivity contribution in [2.75, 3.05) is 5.32 Å². The van der Waals surface area contributed by atoms with Crippen molar-refractivity contribution in [3.05, 3.63) is 46.1 Å². The molecule has 1 unspecified atom stereocenters. The van der Waals surface area contributed by atoms with Crippen molar-refractivity contribution < 1.29 is 23.2 Å². The zero-order chi connectivity index (χ0) is 18.6. The van der Waals surface area contributed by atoms with Gasteiger partial charge in [0, 0.05) is 0 Å². The number of aryl methyl sites for hydroxylation is 1. The van der Waals surface area contributed by atoms with Crippen LogP contribution in [0.15, 0.2) is 30.3 Å². The van der Waals surface area contributed by atoms with Crippen molar-refractivity contribution >= 4 is 17.4 Å². The number of carbonyl (C=O) groups is 1. The Hall–Kier alpha value is -3.04. The average Bonchev–Trinajstić information content (AvgIpc) is 2.92. The summed E-state index contributed by atoms with van der Waals surface area (Å²) in [6, 6.07) is 6.18. The summed E-state index contributed by atoms with van der Waals surface area (Å²) in [5.41, 5.74) is 0.511. The van der Waals surface area contributed by atoms with Crippen LogP contribution in [0.2, 0.25) is 0 Å². The number of halogens is 2. The van der Waals surface area contributed by atoms with E-state index in [2.05, 4.69) is 15.2 Å². The Morgan fingerprint density at radius 2 is 2.12 bits per heavy atom. The Bertz CT molecular complexity index is 779. The van der Waals surface area contributed by atoms with Gasteiger partial charge in [0.1, 0.15) is 5.75 Å². The third-order valence-corrected chi connectivity index (χ3v) is 3.44. The van der Waals surface area contributed by atoms with Crippen LogP contribution in [0.3, 0.4) is 0 Å². The molecular formula is C15H16F2N4O4. The van der Waals surface area contributed by atoms with E-state index in [1.807, 2.05) is 0 Å². The van der Waals surface area contributed by atoms with Gasteiger partial charge in [0.05, 0.1) is 22.5 Å². The van der Waals surface area contributed by atoms with Gasteiger partial charge in [-0.15, -0.1) is 0 Å². The fraction of sp³-hybridized carbons (Fsp3) is 0.333. The third-order valence-electron chi connectivity index (χ3n) is 3.44. The van der Waals surface area contributed by atoms with Crippen LogP contribution in [0.5, 0.6) is 5.75 Å². The van der Waals surface area contributed by atoms with Gasteiger partial charge in [0.25, 0.3) is 5.91 Å². The summed E-state index contributed by atoms with van der Waals surface area (Å²) in [7, 11) is 0. The topological polar surface area (TPSA) is 99.3 Å². The van der Waals surface area contributed by atoms with Crippen LogP contribution < -0.4 is 10.1 Å². The number of rotatable bonds is 7. The van der Waals surface area contributed by atoms with E-state index in [1.54, 1.807) is 19.9 Å². The van der Waals surface area contributed by atoms with E-state index in [0.29, 0.717) is 12.1 Å². The van der Waals surface area contributed by atoms with Crippen LogP contribution in [0.1, 0.15) is 25.1 Å². The largest absolute Gasteiger partial charge is 0.433 e. The zero-order valence-corrected chi connectivity index (χ0v) is 13.5. The summed E-state index contributed by atoms with van der Waals surface area (Å²) >= 11 is 0. The molecule has 1 N–H and O–H groups in total. The second-order valence-electron chi connectivity index (χ2n) is 5.13. The smallest absolute Gasteiger partial charge is 0.390 e. The second-order valence-corrected chi connectivity index (χ2v) is 5.13. The molecular weight excluding hydrogens is 338 g/mol. The van der Waals surface area contributed by atoms with Gasteiger partial charge in [-0.05, 0) is 30.4 Å². The fourth-order valence-electron chi connectivity index (χ4n) is 2.33. The Morgan fingerprint density at radius 1 is 1.44 bits per heavy atom. The highest BCUT2D eigenvalue weighted by atomic mass is 19.3. The third kappa shape index (κ3) is 4.28. The maximum absolute atomic E-state index is 12.5. The van der Waals surface area contributed by atoms with Gasteiger partial charge < -0.3 is 20.2 Å². The van der Waals surface area contributed by atoms with Crippen molar-refractivity contribution in [3.8, 4) is 5.75 Å². The standard InChI is InChI=1S/C15H16F2N4O4/c1-3-11(20-9(2)8-13(19-20)21(23)24)14(22)18-10-6-4-5-7-12(10)25-15(16)17/h4-8,11,15H,3H2,1-2H3,(H,18,22). The quantitative estimate of drug-likeness (QED) is 0.607. The molecule has 0 saturated heterocycles. The van der Waals surface area contributed by atoms with Crippen molar-refractivity contribution in [3.63, 3.8) is 0 Å². The van der Waals surface area contributed by atoms with Crippen LogP contribution in [0.25, 0.3) is 0 Å².